The lowest BCUT2D eigenvalue weighted by Crippen LogP contribution is -2.38. The molecule has 0 radical (unpaired) electrons. The second-order valence-electron chi connectivity index (χ2n) is 4.67. The fourth-order valence-electron chi connectivity index (χ4n) is 1.57. The van der Waals surface area contributed by atoms with Crippen LogP contribution in [0.25, 0.3) is 0 Å². The number of ether oxygens (including phenoxy) is 2. The van der Waals surface area contributed by atoms with E-state index in [0.29, 0.717) is 12.6 Å². The Labute approximate surface area is 118 Å². The highest BCUT2D eigenvalue weighted by atomic mass is 79.9. The molecule has 0 spiro atoms. The third-order valence-corrected chi connectivity index (χ3v) is 3.43. The molecule has 0 saturated carbocycles. The summed E-state index contributed by atoms with van der Waals surface area (Å²) >= 11 is 3.48. The molecule has 18 heavy (non-hydrogen) atoms. The number of benzene rings is 1. The van der Waals surface area contributed by atoms with Crippen molar-refractivity contribution in [2.24, 2.45) is 0 Å². The number of halogens is 1. The molecule has 102 valence electrons. The highest BCUT2D eigenvalue weighted by molar-refractivity contribution is 9.10. The van der Waals surface area contributed by atoms with E-state index in [4.69, 9.17) is 9.47 Å². The number of hydrogen-bond acceptors (Lipinski definition) is 3. The summed E-state index contributed by atoms with van der Waals surface area (Å²) in [5.41, 5.74) is 1.17. The average Bonchev–Trinajstić information content (AvgIpc) is 2.31. The van der Waals surface area contributed by atoms with Crippen molar-refractivity contribution in [3.63, 3.8) is 0 Å². The standard InChI is InChI=1S/C14H22BrNO2/c1-10(2)16-8-13(9-17-4)18-12-5-6-14(15)11(3)7-12/h5-7,10,13,16H,8-9H2,1-4H3. The maximum atomic E-state index is 5.93. The molecular weight excluding hydrogens is 294 g/mol. The van der Waals surface area contributed by atoms with Crippen LogP contribution in [-0.4, -0.2) is 32.4 Å². The van der Waals surface area contributed by atoms with E-state index in [9.17, 15) is 0 Å². The smallest absolute Gasteiger partial charge is 0.134 e. The summed E-state index contributed by atoms with van der Waals surface area (Å²) in [5.74, 6) is 0.878. The van der Waals surface area contributed by atoms with Crippen LogP contribution in [0.15, 0.2) is 22.7 Å². The van der Waals surface area contributed by atoms with Crippen LogP contribution in [-0.2, 0) is 4.74 Å². The van der Waals surface area contributed by atoms with E-state index in [1.165, 1.54) is 5.56 Å². The van der Waals surface area contributed by atoms with Crippen molar-refractivity contribution in [1.82, 2.24) is 5.32 Å². The Morgan fingerprint density at radius 2 is 2.06 bits per heavy atom. The van der Waals surface area contributed by atoms with Crippen LogP contribution in [0.4, 0.5) is 0 Å². The minimum absolute atomic E-state index is 0.0259. The zero-order valence-electron chi connectivity index (χ0n) is 11.5. The highest BCUT2D eigenvalue weighted by Crippen LogP contribution is 2.22. The first-order chi connectivity index (χ1) is 8.52. The van der Waals surface area contributed by atoms with Gasteiger partial charge in [-0.1, -0.05) is 29.8 Å². The third kappa shape index (κ3) is 5.38. The molecule has 3 nitrogen and oxygen atoms in total. The molecule has 1 aromatic rings. The molecule has 0 saturated heterocycles. The molecule has 0 amide bonds. The van der Waals surface area contributed by atoms with Crippen molar-refractivity contribution < 1.29 is 9.47 Å². The van der Waals surface area contributed by atoms with Gasteiger partial charge in [-0.15, -0.1) is 0 Å². The second-order valence-corrected chi connectivity index (χ2v) is 5.52. The number of nitrogens with one attached hydrogen (secondary N) is 1. The molecule has 0 aliphatic carbocycles. The minimum Gasteiger partial charge on any atom is -0.487 e. The Kier molecular flexibility index (Phi) is 6.68. The van der Waals surface area contributed by atoms with E-state index in [1.807, 2.05) is 18.2 Å². The van der Waals surface area contributed by atoms with Crippen molar-refractivity contribution in [3.05, 3.63) is 28.2 Å². The first-order valence-electron chi connectivity index (χ1n) is 6.18. The molecule has 1 rings (SSSR count). The first kappa shape index (κ1) is 15.5. The van der Waals surface area contributed by atoms with Crippen molar-refractivity contribution in [3.8, 4) is 5.75 Å². The molecule has 0 bridgehead atoms. The highest BCUT2D eigenvalue weighted by Gasteiger charge is 2.11. The molecule has 0 fully saturated rings. The monoisotopic (exact) mass is 315 g/mol. The van der Waals surface area contributed by atoms with Crippen LogP contribution in [0, 0.1) is 6.92 Å². The van der Waals surface area contributed by atoms with Crippen LogP contribution in [0.5, 0.6) is 5.75 Å². The van der Waals surface area contributed by atoms with Gasteiger partial charge in [-0.3, -0.25) is 0 Å². The molecule has 0 aliphatic heterocycles. The van der Waals surface area contributed by atoms with Crippen molar-refractivity contribution in [2.45, 2.75) is 32.9 Å². The van der Waals surface area contributed by atoms with Crippen molar-refractivity contribution in [2.75, 3.05) is 20.3 Å². The van der Waals surface area contributed by atoms with Gasteiger partial charge in [0.15, 0.2) is 0 Å². The number of rotatable bonds is 7. The third-order valence-electron chi connectivity index (χ3n) is 2.54. The zero-order valence-corrected chi connectivity index (χ0v) is 13.1. The van der Waals surface area contributed by atoms with Crippen molar-refractivity contribution >= 4 is 15.9 Å². The van der Waals surface area contributed by atoms with Crippen LogP contribution in [0.1, 0.15) is 19.4 Å². The Morgan fingerprint density at radius 1 is 1.33 bits per heavy atom. The summed E-state index contributed by atoms with van der Waals surface area (Å²) in [6.45, 7) is 7.64. The van der Waals surface area contributed by atoms with E-state index >= 15 is 0 Å². The first-order valence-corrected chi connectivity index (χ1v) is 6.97. The summed E-state index contributed by atoms with van der Waals surface area (Å²) in [6, 6.07) is 6.45. The van der Waals surface area contributed by atoms with E-state index in [-0.39, 0.29) is 6.10 Å². The zero-order chi connectivity index (χ0) is 13.5. The van der Waals surface area contributed by atoms with Gasteiger partial charge in [-0.2, -0.15) is 0 Å². The van der Waals surface area contributed by atoms with Crippen LogP contribution >= 0.6 is 15.9 Å². The average molecular weight is 316 g/mol. The molecule has 4 heteroatoms. The lowest BCUT2D eigenvalue weighted by molar-refractivity contribution is 0.0794. The maximum Gasteiger partial charge on any atom is 0.134 e. The number of hydrogen-bond donors (Lipinski definition) is 1. The van der Waals surface area contributed by atoms with E-state index in [2.05, 4.69) is 42.0 Å². The molecule has 1 atom stereocenters. The van der Waals surface area contributed by atoms with Gasteiger partial charge >= 0.3 is 0 Å². The Hall–Kier alpha value is -0.580. The molecule has 1 unspecified atom stereocenters. The summed E-state index contributed by atoms with van der Waals surface area (Å²) in [4.78, 5) is 0. The van der Waals surface area contributed by atoms with Crippen LogP contribution in [0.2, 0.25) is 0 Å². The van der Waals surface area contributed by atoms with Gasteiger partial charge in [0.2, 0.25) is 0 Å². The molecule has 1 aromatic carbocycles. The fraction of sp³-hybridized carbons (Fsp3) is 0.571. The Morgan fingerprint density at radius 3 is 2.61 bits per heavy atom. The van der Waals surface area contributed by atoms with E-state index < -0.39 is 0 Å². The largest absolute Gasteiger partial charge is 0.487 e. The molecule has 0 aromatic heterocycles. The molecule has 0 aliphatic rings. The van der Waals surface area contributed by atoms with E-state index in [1.54, 1.807) is 7.11 Å². The summed E-state index contributed by atoms with van der Waals surface area (Å²) in [7, 11) is 1.69. The van der Waals surface area contributed by atoms with Gasteiger partial charge in [0.05, 0.1) is 6.61 Å². The topological polar surface area (TPSA) is 30.5 Å². The fourth-order valence-corrected chi connectivity index (χ4v) is 1.82. The maximum absolute atomic E-state index is 5.93. The van der Waals surface area contributed by atoms with Crippen LogP contribution < -0.4 is 10.1 Å². The van der Waals surface area contributed by atoms with E-state index in [0.717, 1.165) is 16.8 Å². The van der Waals surface area contributed by atoms with Gasteiger partial charge in [0.1, 0.15) is 11.9 Å². The molecule has 0 heterocycles. The molecular formula is C14H22BrNO2. The lowest BCUT2D eigenvalue weighted by Gasteiger charge is -2.20. The van der Waals surface area contributed by atoms with Crippen LogP contribution in [0.3, 0.4) is 0 Å². The van der Waals surface area contributed by atoms with Gasteiger partial charge in [0.25, 0.3) is 0 Å². The molecule has 1 N–H and O–H groups in total. The summed E-state index contributed by atoms with van der Waals surface area (Å²) in [6.07, 6.45) is 0.0259. The Bertz CT molecular complexity index is 369. The SMILES string of the molecule is COCC(CNC(C)C)Oc1ccc(Br)c(C)c1. The summed E-state index contributed by atoms with van der Waals surface area (Å²) in [5, 5.41) is 3.36. The predicted molar refractivity (Wildman–Crippen MR) is 78.3 cm³/mol. The Balaban J connectivity index is 2.61. The lowest BCUT2D eigenvalue weighted by atomic mass is 10.2. The predicted octanol–water partition coefficient (Wildman–Crippen LogP) is 3.15. The number of methoxy groups -OCH3 is 1. The van der Waals surface area contributed by atoms with Gasteiger partial charge < -0.3 is 14.8 Å². The normalized spacial score (nSPS) is 12.8. The number of aryl methyl sites for hydroxylation is 1. The summed E-state index contributed by atoms with van der Waals surface area (Å²) < 4.78 is 12.2. The van der Waals surface area contributed by atoms with Gasteiger partial charge in [-0.05, 0) is 30.7 Å². The second kappa shape index (κ2) is 7.77. The van der Waals surface area contributed by atoms with Crippen molar-refractivity contribution in [1.29, 1.82) is 0 Å². The van der Waals surface area contributed by atoms with Gasteiger partial charge in [0, 0.05) is 24.2 Å². The van der Waals surface area contributed by atoms with Gasteiger partial charge in [-0.25, -0.2) is 0 Å². The quantitative estimate of drug-likeness (QED) is 0.838. The minimum atomic E-state index is 0.0259.